The molecule has 0 atom stereocenters. The highest BCUT2D eigenvalue weighted by Crippen LogP contribution is 2.25. The van der Waals surface area contributed by atoms with E-state index < -0.39 is 15.6 Å². The number of nitrogens with two attached hydrogens (primary N) is 1. The number of hydrogen-bond acceptors (Lipinski definition) is 3. The Bertz CT molecular complexity index is 613. The third kappa shape index (κ3) is 4.41. The fourth-order valence-corrected chi connectivity index (χ4v) is 4.08. The number of nitrogens with one attached hydrogen (secondary N) is 1. The van der Waals surface area contributed by atoms with Gasteiger partial charge in [0.2, 0.25) is 10.0 Å². The topological polar surface area (TPSA) is 72.2 Å². The highest BCUT2D eigenvalue weighted by Gasteiger charge is 2.27. The fourth-order valence-electron chi connectivity index (χ4n) is 1.97. The maximum Gasteiger partial charge on any atom is 0.242 e. The molecule has 0 saturated carbocycles. The van der Waals surface area contributed by atoms with Gasteiger partial charge in [-0.05, 0) is 32.4 Å². The maximum atomic E-state index is 12.4. The molecule has 0 aliphatic carbocycles. The Morgan fingerprint density at radius 3 is 2.50 bits per heavy atom. The van der Waals surface area contributed by atoms with Crippen LogP contribution in [0.5, 0.6) is 0 Å². The minimum Gasteiger partial charge on any atom is -0.389 e. The molecule has 0 aliphatic heterocycles. The summed E-state index contributed by atoms with van der Waals surface area (Å²) in [6.45, 7) is 5.68. The minimum atomic E-state index is -3.68. The Balaban J connectivity index is 3.14. The van der Waals surface area contributed by atoms with Crippen LogP contribution in [0, 0.1) is 0 Å². The molecule has 0 spiro atoms. The molecule has 0 aliphatic rings. The number of halogens is 1. The Kier molecular flexibility index (Phi) is 5.54. The van der Waals surface area contributed by atoms with Gasteiger partial charge in [0.05, 0.1) is 5.02 Å². The normalized spacial score (nSPS) is 12.4. The van der Waals surface area contributed by atoms with Crippen LogP contribution in [0.3, 0.4) is 0 Å². The SMILES string of the molecule is CCCC(C)(C)NS(=O)(=O)c1ccc(C(N)=S)cc1Cl. The molecule has 112 valence electrons. The number of benzene rings is 1. The second-order valence-electron chi connectivity index (χ2n) is 5.25. The molecule has 0 fully saturated rings. The second-order valence-corrected chi connectivity index (χ2v) is 7.75. The van der Waals surface area contributed by atoms with Crippen molar-refractivity contribution in [3.8, 4) is 0 Å². The van der Waals surface area contributed by atoms with Gasteiger partial charge in [0.15, 0.2) is 0 Å². The van der Waals surface area contributed by atoms with Gasteiger partial charge in [0.25, 0.3) is 0 Å². The van der Waals surface area contributed by atoms with Crippen molar-refractivity contribution in [1.82, 2.24) is 4.72 Å². The summed E-state index contributed by atoms with van der Waals surface area (Å²) in [6.07, 6.45) is 1.61. The average Bonchev–Trinajstić information content (AvgIpc) is 2.26. The predicted molar refractivity (Wildman–Crippen MR) is 86.6 cm³/mol. The molecule has 7 heteroatoms. The third-order valence-corrected chi connectivity index (χ3v) is 5.21. The Morgan fingerprint density at radius 2 is 2.05 bits per heavy atom. The molecule has 0 bridgehead atoms. The van der Waals surface area contributed by atoms with Crippen LogP contribution in [0.1, 0.15) is 39.2 Å². The van der Waals surface area contributed by atoms with Gasteiger partial charge >= 0.3 is 0 Å². The van der Waals surface area contributed by atoms with Gasteiger partial charge in [-0.2, -0.15) is 0 Å². The van der Waals surface area contributed by atoms with Crippen molar-refractivity contribution >= 4 is 38.8 Å². The lowest BCUT2D eigenvalue weighted by Gasteiger charge is -2.25. The van der Waals surface area contributed by atoms with E-state index in [1.165, 1.54) is 12.1 Å². The van der Waals surface area contributed by atoms with Gasteiger partial charge in [-0.3, -0.25) is 0 Å². The van der Waals surface area contributed by atoms with Crippen molar-refractivity contribution in [3.05, 3.63) is 28.8 Å². The number of thiocarbonyl (C=S) groups is 1. The van der Waals surface area contributed by atoms with E-state index in [1.807, 2.05) is 20.8 Å². The van der Waals surface area contributed by atoms with Crippen LogP contribution >= 0.6 is 23.8 Å². The largest absolute Gasteiger partial charge is 0.389 e. The lowest BCUT2D eigenvalue weighted by Crippen LogP contribution is -2.43. The summed E-state index contributed by atoms with van der Waals surface area (Å²) < 4.78 is 27.4. The Hall–Kier alpha value is -0.690. The molecule has 0 aromatic heterocycles. The fraction of sp³-hybridized carbons (Fsp3) is 0.462. The average molecular weight is 335 g/mol. The van der Waals surface area contributed by atoms with Crippen LogP contribution in [-0.2, 0) is 10.0 Å². The van der Waals surface area contributed by atoms with E-state index in [0.717, 1.165) is 12.8 Å². The van der Waals surface area contributed by atoms with E-state index in [0.29, 0.717) is 5.56 Å². The van der Waals surface area contributed by atoms with Gasteiger partial charge in [0.1, 0.15) is 9.88 Å². The van der Waals surface area contributed by atoms with Crippen LogP contribution in [0.15, 0.2) is 23.1 Å². The molecule has 4 nitrogen and oxygen atoms in total. The molecular formula is C13H19ClN2O2S2. The van der Waals surface area contributed by atoms with Crippen molar-refractivity contribution in [2.45, 2.75) is 44.0 Å². The molecule has 0 radical (unpaired) electrons. The predicted octanol–water partition coefficient (Wildman–Crippen LogP) is 2.83. The van der Waals surface area contributed by atoms with Crippen molar-refractivity contribution in [1.29, 1.82) is 0 Å². The van der Waals surface area contributed by atoms with Crippen LogP contribution < -0.4 is 10.5 Å². The first-order chi connectivity index (χ1) is 9.09. The van der Waals surface area contributed by atoms with Crippen molar-refractivity contribution in [2.24, 2.45) is 5.73 Å². The number of rotatable bonds is 6. The van der Waals surface area contributed by atoms with Crippen LogP contribution in [0.25, 0.3) is 0 Å². The maximum absolute atomic E-state index is 12.4. The smallest absolute Gasteiger partial charge is 0.242 e. The molecule has 1 rings (SSSR count). The molecule has 0 unspecified atom stereocenters. The molecule has 0 heterocycles. The second kappa shape index (κ2) is 6.39. The van der Waals surface area contributed by atoms with Crippen molar-refractivity contribution in [3.63, 3.8) is 0 Å². The molecule has 0 saturated heterocycles. The standard InChI is InChI=1S/C13H19ClN2O2S2/c1-4-7-13(2,3)16-20(17,18)11-6-5-9(12(15)19)8-10(11)14/h5-6,8,16H,4,7H2,1-3H3,(H2,15,19). The number of sulfonamides is 1. The number of hydrogen-bond donors (Lipinski definition) is 2. The molecule has 0 amide bonds. The van der Waals surface area contributed by atoms with Crippen molar-refractivity contribution < 1.29 is 8.42 Å². The summed E-state index contributed by atoms with van der Waals surface area (Å²) in [6, 6.07) is 4.43. The van der Waals surface area contributed by atoms with E-state index in [-0.39, 0.29) is 14.9 Å². The molecule has 3 N–H and O–H groups in total. The van der Waals surface area contributed by atoms with Gasteiger partial charge in [-0.1, -0.05) is 43.2 Å². The highest BCUT2D eigenvalue weighted by molar-refractivity contribution is 7.89. The first kappa shape index (κ1) is 17.4. The molecule has 1 aromatic rings. The summed E-state index contributed by atoms with van der Waals surface area (Å²) in [5.41, 5.74) is 5.50. The molecular weight excluding hydrogens is 316 g/mol. The van der Waals surface area contributed by atoms with Gasteiger partial charge in [0, 0.05) is 11.1 Å². The lowest BCUT2D eigenvalue weighted by atomic mass is 10.0. The lowest BCUT2D eigenvalue weighted by molar-refractivity contribution is 0.418. The van der Waals surface area contributed by atoms with E-state index in [4.69, 9.17) is 29.6 Å². The monoisotopic (exact) mass is 334 g/mol. The summed E-state index contributed by atoms with van der Waals surface area (Å²) in [5, 5.41) is 0.107. The summed E-state index contributed by atoms with van der Waals surface area (Å²) in [5.74, 6) is 0. The van der Waals surface area contributed by atoms with Gasteiger partial charge in [-0.25, -0.2) is 13.1 Å². The zero-order valence-corrected chi connectivity index (χ0v) is 14.1. The summed E-state index contributed by atoms with van der Waals surface area (Å²) in [4.78, 5) is 0.207. The molecule has 20 heavy (non-hydrogen) atoms. The van der Waals surface area contributed by atoms with E-state index in [1.54, 1.807) is 6.07 Å². The van der Waals surface area contributed by atoms with Crippen LogP contribution in [0.2, 0.25) is 5.02 Å². The first-order valence-electron chi connectivity index (χ1n) is 6.22. The minimum absolute atomic E-state index is 0.0309. The summed E-state index contributed by atoms with van der Waals surface area (Å²) >= 11 is 10.9. The highest BCUT2D eigenvalue weighted by atomic mass is 35.5. The Morgan fingerprint density at radius 1 is 1.45 bits per heavy atom. The Labute approximate surface area is 130 Å². The van der Waals surface area contributed by atoms with Gasteiger partial charge < -0.3 is 5.73 Å². The first-order valence-corrected chi connectivity index (χ1v) is 8.49. The zero-order valence-electron chi connectivity index (χ0n) is 11.7. The van der Waals surface area contributed by atoms with Gasteiger partial charge in [-0.15, -0.1) is 0 Å². The van der Waals surface area contributed by atoms with E-state index in [2.05, 4.69) is 4.72 Å². The van der Waals surface area contributed by atoms with E-state index in [9.17, 15) is 8.42 Å². The van der Waals surface area contributed by atoms with E-state index >= 15 is 0 Å². The van der Waals surface area contributed by atoms with Crippen molar-refractivity contribution in [2.75, 3.05) is 0 Å². The van der Waals surface area contributed by atoms with Crippen LogP contribution in [-0.4, -0.2) is 18.9 Å². The molecule has 1 aromatic carbocycles. The van der Waals surface area contributed by atoms with Crippen LogP contribution in [0.4, 0.5) is 0 Å². The zero-order chi connectivity index (χ0) is 15.6. The quantitative estimate of drug-likeness (QED) is 0.785. The third-order valence-electron chi connectivity index (χ3n) is 2.79. The summed E-state index contributed by atoms with van der Waals surface area (Å²) in [7, 11) is -3.68.